The standard InChI is InChI=1S/C21H21N3O2/c1-11-12(2)22-21-15(11)5-4-6-17(21)18-10-20(26)24-19-9-14(23-13(3)25)7-8-16(18)19/h4-9,18,22H,10H2,1-3H3,(H,23,25)(H,24,26). The van der Waals surface area contributed by atoms with Crippen LogP contribution < -0.4 is 10.6 Å². The van der Waals surface area contributed by atoms with Gasteiger partial charge in [0.15, 0.2) is 0 Å². The molecule has 1 unspecified atom stereocenters. The Hall–Kier alpha value is -3.08. The van der Waals surface area contributed by atoms with Crippen LogP contribution in [-0.2, 0) is 9.59 Å². The molecule has 1 aromatic heterocycles. The van der Waals surface area contributed by atoms with Gasteiger partial charge in [0.25, 0.3) is 0 Å². The molecule has 1 atom stereocenters. The number of fused-ring (bicyclic) bond motifs is 2. The summed E-state index contributed by atoms with van der Waals surface area (Å²) in [4.78, 5) is 27.1. The van der Waals surface area contributed by atoms with E-state index in [-0.39, 0.29) is 17.7 Å². The highest BCUT2D eigenvalue weighted by Crippen LogP contribution is 2.41. The second-order valence-corrected chi connectivity index (χ2v) is 6.93. The summed E-state index contributed by atoms with van der Waals surface area (Å²) >= 11 is 0. The number of hydrogen-bond acceptors (Lipinski definition) is 2. The molecule has 0 aliphatic carbocycles. The Bertz CT molecular complexity index is 1050. The van der Waals surface area contributed by atoms with E-state index in [2.05, 4.69) is 47.7 Å². The highest BCUT2D eigenvalue weighted by Gasteiger charge is 2.28. The summed E-state index contributed by atoms with van der Waals surface area (Å²) in [6.45, 7) is 5.65. The maximum atomic E-state index is 12.3. The van der Waals surface area contributed by atoms with Crippen LogP contribution in [0.2, 0.25) is 0 Å². The summed E-state index contributed by atoms with van der Waals surface area (Å²) in [5.74, 6) is -0.170. The Morgan fingerprint density at radius 2 is 1.96 bits per heavy atom. The Morgan fingerprint density at radius 1 is 1.15 bits per heavy atom. The van der Waals surface area contributed by atoms with Crippen LogP contribution in [0.15, 0.2) is 36.4 Å². The number of rotatable bonds is 2. The van der Waals surface area contributed by atoms with Crippen molar-refractivity contribution in [3.63, 3.8) is 0 Å². The molecule has 2 aromatic carbocycles. The van der Waals surface area contributed by atoms with Gasteiger partial charge in [-0.1, -0.05) is 24.3 Å². The molecule has 0 fully saturated rings. The number of hydrogen-bond donors (Lipinski definition) is 3. The van der Waals surface area contributed by atoms with Crippen molar-refractivity contribution in [3.05, 3.63) is 58.8 Å². The number of aromatic amines is 1. The third-order valence-electron chi connectivity index (χ3n) is 5.16. The first-order valence-corrected chi connectivity index (χ1v) is 8.73. The molecule has 3 N–H and O–H groups in total. The van der Waals surface area contributed by atoms with Gasteiger partial charge in [-0.05, 0) is 42.7 Å². The molecule has 0 saturated carbocycles. The van der Waals surface area contributed by atoms with Gasteiger partial charge in [-0.25, -0.2) is 0 Å². The number of carbonyl (C=O) groups is 2. The van der Waals surface area contributed by atoms with Gasteiger partial charge in [0.05, 0.1) is 0 Å². The van der Waals surface area contributed by atoms with E-state index in [4.69, 9.17) is 0 Å². The molecular weight excluding hydrogens is 326 g/mol. The van der Waals surface area contributed by atoms with Crippen molar-refractivity contribution in [1.82, 2.24) is 4.98 Å². The Labute approximate surface area is 151 Å². The van der Waals surface area contributed by atoms with E-state index in [0.29, 0.717) is 12.1 Å². The van der Waals surface area contributed by atoms with Gasteiger partial charge >= 0.3 is 0 Å². The van der Waals surface area contributed by atoms with E-state index in [0.717, 1.165) is 28.0 Å². The van der Waals surface area contributed by atoms with Crippen LogP contribution in [0, 0.1) is 13.8 Å². The lowest BCUT2D eigenvalue weighted by atomic mass is 9.83. The zero-order valence-electron chi connectivity index (χ0n) is 15.1. The molecule has 5 nitrogen and oxygen atoms in total. The highest BCUT2D eigenvalue weighted by atomic mass is 16.2. The van der Waals surface area contributed by atoms with Gasteiger partial charge in [0.2, 0.25) is 11.8 Å². The third kappa shape index (κ3) is 2.65. The average Bonchev–Trinajstić information content (AvgIpc) is 2.88. The van der Waals surface area contributed by atoms with Gasteiger partial charge < -0.3 is 15.6 Å². The Kier molecular flexibility index (Phi) is 3.80. The van der Waals surface area contributed by atoms with Crippen LogP contribution in [0.25, 0.3) is 10.9 Å². The Morgan fingerprint density at radius 3 is 2.73 bits per heavy atom. The predicted molar refractivity (Wildman–Crippen MR) is 104 cm³/mol. The molecule has 0 saturated heterocycles. The van der Waals surface area contributed by atoms with Gasteiger partial charge in [-0.2, -0.15) is 0 Å². The molecule has 1 aliphatic rings. The Balaban J connectivity index is 1.86. The summed E-state index contributed by atoms with van der Waals surface area (Å²) in [5.41, 5.74) is 7.12. The van der Waals surface area contributed by atoms with Gasteiger partial charge in [-0.15, -0.1) is 0 Å². The summed E-state index contributed by atoms with van der Waals surface area (Å²) in [6.07, 6.45) is 0.405. The topological polar surface area (TPSA) is 74.0 Å². The number of H-pyrrole nitrogens is 1. The van der Waals surface area contributed by atoms with Gasteiger partial charge in [-0.3, -0.25) is 9.59 Å². The van der Waals surface area contributed by atoms with Crippen LogP contribution in [0.5, 0.6) is 0 Å². The summed E-state index contributed by atoms with van der Waals surface area (Å²) in [6, 6.07) is 12.0. The predicted octanol–water partition coefficient (Wildman–Crippen LogP) is 4.22. The zero-order valence-corrected chi connectivity index (χ0v) is 15.1. The monoisotopic (exact) mass is 347 g/mol. The number of aromatic nitrogens is 1. The number of aryl methyl sites for hydroxylation is 2. The van der Waals surface area contributed by atoms with E-state index in [9.17, 15) is 9.59 Å². The molecule has 0 bridgehead atoms. The minimum Gasteiger partial charge on any atom is -0.358 e. The lowest BCUT2D eigenvalue weighted by molar-refractivity contribution is -0.116. The normalized spacial score (nSPS) is 16.3. The molecule has 4 rings (SSSR count). The number of nitrogens with one attached hydrogen (secondary N) is 3. The number of carbonyl (C=O) groups excluding carboxylic acids is 2. The first-order valence-electron chi connectivity index (χ1n) is 8.73. The summed E-state index contributed by atoms with van der Waals surface area (Å²) < 4.78 is 0. The fourth-order valence-corrected chi connectivity index (χ4v) is 3.82. The fourth-order valence-electron chi connectivity index (χ4n) is 3.82. The SMILES string of the molecule is CC(=O)Nc1ccc2c(c1)NC(=O)CC2c1cccc2c(C)c(C)[nH]c12. The van der Waals surface area contributed by atoms with Crippen molar-refractivity contribution in [2.24, 2.45) is 0 Å². The largest absolute Gasteiger partial charge is 0.358 e. The first kappa shape index (κ1) is 16.4. The van der Waals surface area contributed by atoms with E-state index in [1.165, 1.54) is 17.9 Å². The first-order chi connectivity index (χ1) is 12.4. The number of benzene rings is 2. The van der Waals surface area contributed by atoms with Crippen LogP contribution in [0.1, 0.15) is 41.6 Å². The maximum absolute atomic E-state index is 12.3. The van der Waals surface area contributed by atoms with Crippen molar-refractivity contribution in [2.45, 2.75) is 33.1 Å². The average molecular weight is 347 g/mol. The minimum atomic E-state index is -0.134. The zero-order chi connectivity index (χ0) is 18.4. The lowest BCUT2D eigenvalue weighted by Crippen LogP contribution is -2.24. The van der Waals surface area contributed by atoms with E-state index in [1.54, 1.807) is 0 Å². The smallest absolute Gasteiger partial charge is 0.225 e. The van der Waals surface area contributed by atoms with Crippen LogP contribution in [0.4, 0.5) is 11.4 Å². The van der Waals surface area contributed by atoms with E-state index in [1.807, 2.05) is 18.2 Å². The minimum absolute atomic E-state index is 0.0144. The highest BCUT2D eigenvalue weighted by molar-refractivity contribution is 5.98. The maximum Gasteiger partial charge on any atom is 0.225 e. The van der Waals surface area contributed by atoms with Gasteiger partial charge in [0, 0.05) is 47.2 Å². The molecule has 5 heteroatoms. The molecule has 3 aromatic rings. The van der Waals surface area contributed by atoms with E-state index >= 15 is 0 Å². The van der Waals surface area contributed by atoms with Crippen LogP contribution >= 0.6 is 0 Å². The van der Waals surface area contributed by atoms with Crippen molar-refractivity contribution >= 4 is 34.1 Å². The van der Waals surface area contributed by atoms with Crippen molar-refractivity contribution in [3.8, 4) is 0 Å². The van der Waals surface area contributed by atoms with Crippen molar-refractivity contribution in [2.75, 3.05) is 10.6 Å². The number of para-hydroxylation sites is 1. The molecule has 0 radical (unpaired) electrons. The lowest BCUT2D eigenvalue weighted by Gasteiger charge is -2.27. The molecular formula is C21H21N3O2. The van der Waals surface area contributed by atoms with Crippen LogP contribution in [-0.4, -0.2) is 16.8 Å². The van der Waals surface area contributed by atoms with Crippen LogP contribution in [0.3, 0.4) is 0 Å². The number of amides is 2. The quantitative estimate of drug-likeness (QED) is 0.649. The third-order valence-corrected chi connectivity index (χ3v) is 5.16. The fraction of sp³-hybridized carbons (Fsp3) is 0.238. The second-order valence-electron chi connectivity index (χ2n) is 6.93. The molecule has 2 heterocycles. The molecule has 26 heavy (non-hydrogen) atoms. The summed E-state index contributed by atoms with van der Waals surface area (Å²) in [7, 11) is 0. The summed E-state index contributed by atoms with van der Waals surface area (Å²) in [5, 5.41) is 6.90. The van der Waals surface area contributed by atoms with Crippen molar-refractivity contribution < 1.29 is 9.59 Å². The molecule has 1 aliphatic heterocycles. The van der Waals surface area contributed by atoms with Crippen molar-refractivity contribution in [1.29, 1.82) is 0 Å². The van der Waals surface area contributed by atoms with Gasteiger partial charge in [0.1, 0.15) is 0 Å². The molecule has 0 spiro atoms. The molecule has 2 amide bonds. The second kappa shape index (κ2) is 6.02. The number of anilines is 2. The van der Waals surface area contributed by atoms with E-state index < -0.39 is 0 Å². The molecule has 132 valence electrons.